The van der Waals surface area contributed by atoms with E-state index < -0.39 is 21.7 Å². The highest BCUT2D eigenvalue weighted by Crippen LogP contribution is 2.38. The maximum atomic E-state index is 12.1. The molecule has 0 spiro atoms. The standard InChI is InChI=1S/C19H20O2.C16H18O3.2C12H16O4.C12H16O3/c1-4-19(2,3)16-6-5-12-7-14-10-17(20)18(21)11-15(14)8-13(12)9-16;1-4-16(2,3)15(18)19-14-10-9-13(17)11-7-5-6-8-12(11)14;1-4-12(2,3)11(15)16-10-6-8(13)5-9(14)7-10;1-4-12(2,3)11(15)16-8-5-6-9(13)10(14)7-8;1-4-12(2,3)11(14)15-10-7-5-9(13)6-8-10/h5-11,20-21H,4H2,1-3H3;5-10,17H,4H2,1-3H3;2*5-7,13-14H,4H2,1-3H3;5-8,13H,4H2,1-3H3. The van der Waals surface area contributed by atoms with Crippen molar-refractivity contribution in [1.29, 1.82) is 0 Å². The van der Waals surface area contributed by atoms with Gasteiger partial charge in [-0.15, -0.1) is 0 Å². The molecule has 0 amide bonds. The zero-order chi connectivity index (χ0) is 65.4. The van der Waals surface area contributed by atoms with Crippen LogP contribution in [-0.4, -0.2) is 64.7 Å². The van der Waals surface area contributed by atoms with Crippen molar-refractivity contribution in [2.24, 2.45) is 21.7 Å². The first kappa shape index (κ1) is 70.3. The van der Waals surface area contributed by atoms with Crippen molar-refractivity contribution in [1.82, 2.24) is 0 Å². The van der Waals surface area contributed by atoms with E-state index in [1.807, 2.05) is 79.7 Å². The van der Waals surface area contributed by atoms with Crippen molar-refractivity contribution in [2.75, 3.05) is 0 Å². The Morgan fingerprint density at radius 3 is 1.20 bits per heavy atom. The summed E-state index contributed by atoms with van der Waals surface area (Å²) in [6, 6.07) is 38.1. The highest BCUT2D eigenvalue weighted by Gasteiger charge is 2.31. The number of rotatable bonds is 14. The van der Waals surface area contributed by atoms with E-state index in [9.17, 15) is 49.8 Å². The topological polar surface area (TPSA) is 267 Å². The normalized spacial score (nSPS) is 11.5. The summed E-state index contributed by atoms with van der Waals surface area (Å²) in [7, 11) is 0. The first-order valence-corrected chi connectivity index (χ1v) is 28.9. The zero-order valence-electron chi connectivity index (χ0n) is 52.7. The lowest BCUT2D eigenvalue weighted by atomic mass is 9.81. The van der Waals surface area contributed by atoms with Crippen LogP contribution in [0.5, 0.6) is 69.0 Å². The number of carbonyl (C=O) groups excluding carboxylic acids is 4. The van der Waals surface area contributed by atoms with Crippen molar-refractivity contribution < 1.29 is 79.0 Å². The van der Waals surface area contributed by atoms with E-state index in [1.54, 1.807) is 70.2 Å². The molecule has 0 saturated carbocycles. The molecular weight excluding hydrogens is 1110 g/mol. The molecule has 0 atom stereocenters. The van der Waals surface area contributed by atoms with E-state index >= 15 is 0 Å². The minimum Gasteiger partial charge on any atom is -0.508 e. The fourth-order valence-electron chi connectivity index (χ4n) is 7.25. The van der Waals surface area contributed by atoms with E-state index in [0.29, 0.717) is 36.1 Å². The summed E-state index contributed by atoms with van der Waals surface area (Å²) >= 11 is 0. The summed E-state index contributed by atoms with van der Waals surface area (Å²) in [5.41, 5.74) is -0.661. The van der Waals surface area contributed by atoms with Crippen LogP contribution in [0.3, 0.4) is 0 Å². The second-order valence-electron chi connectivity index (χ2n) is 24.3. The molecule has 0 saturated heterocycles. The van der Waals surface area contributed by atoms with Gasteiger partial charge in [-0.2, -0.15) is 0 Å². The number of hydrogen-bond acceptors (Lipinski definition) is 16. The van der Waals surface area contributed by atoms with E-state index in [0.717, 1.165) is 39.8 Å². The molecule has 0 radical (unpaired) electrons. The van der Waals surface area contributed by atoms with E-state index in [2.05, 4.69) is 45.0 Å². The van der Waals surface area contributed by atoms with Gasteiger partial charge in [-0.1, -0.05) is 90.9 Å². The van der Waals surface area contributed by atoms with Gasteiger partial charge < -0.3 is 59.8 Å². The summed E-state index contributed by atoms with van der Waals surface area (Å²) in [6.45, 7) is 28.9. The number of hydrogen-bond donors (Lipinski definition) is 8. The molecule has 0 aliphatic carbocycles. The Hall–Kier alpha value is -9.18. The fraction of sp³-hybridized carbons (Fsp3) is 0.352. The molecule has 0 fully saturated rings. The Balaban J connectivity index is 0.000000234. The number of phenolic OH excluding ortho intramolecular Hbond substituents is 8. The second-order valence-corrected chi connectivity index (χ2v) is 24.3. The minimum atomic E-state index is -0.582. The predicted molar refractivity (Wildman–Crippen MR) is 340 cm³/mol. The maximum Gasteiger partial charge on any atom is 0.316 e. The van der Waals surface area contributed by atoms with Crippen molar-refractivity contribution in [3.8, 4) is 69.0 Å². The van der Waals surface area contributed by atoms with Crippen LogP contribution < -0.4 is 18.9 Å². The SMILES string of the molecule is CCC(C)(C)C(=O)Oc1cc(O)cc(O)c1.CCC(C)(C)C(=O)Oc1ccc(O)c(O)c1.CCC(C)(C)C(=O)Oc1ccc(O)c2ccccc12.CCC(C)(C)C(=O)Oc1ccc(O)cc1.CCC(C)(C)c1ccc2cc3cc(O)c(O)cc3cc2c1. The summed E-state index contributed by atoms with van der Waals surface area (Å²) in [5, 5.41) is 80.5. The molecule has 0 unspecified atom stereocenters. The summed E-state index contributed by atoms with van der Waals surface area (Å²) in [4.78, 5) is 47.2. The molecular formula is C71H86O16. The van der Waals surface area contributed by atoms with E-state index in [-0.39, 0.29) is 86.8 Å². The number of fused-ring (bicyclic) bond motifs is 3. The molecule has 0 aliphatic heterocycles. The fourth-order valence-corrected chi connectivity index (χ4v) is 7.25. The molecule has 0 aromatic heterocycles. The maximum absolute atomic E-state index is 12.1. The lowest BCUT2D eigenvalue weighted by molar-refractivity contribution is -0.144. The van der Waals surface area contributed by atoms with Crippen LogP contribution in [0, 0.1) is 21.7 Å². The van der Waals surface area contributed by atoms with Gasteiger partial charge in [0.1, 0.15) is 46.0 Å². The third-order valence-corrected chi connectivity index (χ3v) is 15.7. The number of phenols is 8. The third kappa shape index (κ3) is 19.7. The van der Waals surface area contributed by atoms with Gasteiger partial charge in [-0.05, 0) is 193 Å². The molecule has 16 heteroatoms. The van der Waals surface area contributed by atoms with Crippen LogP contribution >= 0.6 is 0 Å². The zero-order valence-corrected chi connectivity index (χ0v) is 52.7. The number of aromatic hydroxyl groups is 8. The average molecular weight is 1200 g/mol. The third-order valence-electron chi connectivity index (χ3n) is 15.7. The quantitative estimate of drug-likeness (QED) is 0.0218. The minimum absolute atomic E-state index is 0.0770. The van der Waals surface area contributed by atoms with Crippen LogP contribution in [0.15, 0.2) is 140 Å². The van der Waals surface area contributed by atoms with Crippen LogP contribution in [0.4, 0.5) is 0 Å². The second kappa shape index (κ2) is 29.8. The van der Waals surface area contributed by atoms with E-state index in [1.165, 1.54) is 54.1 Å². The molecule has 0 aliphatic rings. The van der Waals surface area contributed by atoms with Crippen LogP contribution in [0.1, 0.15) is 142 Å². The Bertz CT molecular complexity index is 3650. The Morgan fingerprint density at radius 2 is 0.724 bits per heavy atom. The summed E-state index contributed by atoms with van der Waals surface area (Å²) in [6.07, 6.45) is 3.83. The highest BCUT2D eigenvalue weighted by molar-refractivity contribution is 6.00. The van der Waals surface area contributed by atoms with Crippen molar-refractivity contribution in [2.45, 2.75) is 141 Å². The molecule has 87 heavy (non-hydrogen) atoms. The van der Waals surface area contributed by atoms with Gasteiger partial charge in [0.05, 0.1) is 21.7 Å². The number of benzene rings is 8. The molecule has 8 aromatic rings. The van der Waals surface area contributed by atoms with Gasteiger partial charge in [0, 0.05) is 35.0 Å². The largest absolute Gasteiger partial charge is 0.508 e. The van der Waals surface area contributed by atoms with Crippen LogP contribution in [0.2, 0.25) is 0 Å². The van der Waals surface area contributed by atoms with Crippen molar-refractivity contribution in [3.63, 3.8) is 0 Å². The molecule has 0 bridgehead atoms. The number of ether oxygens (including phenoxy) is 4. The van der Waals surface area contributed by atoms with Gasteiger partial charge >= 0.3 is 23.9 Å². The molecule has 8 rings (SSSR count). The van der Waals surface area contributed by atoms with Gasteiger partial charge in [0.25, 0.3) is 0 Å². The first-order chi connectivity index (χ1) is 40.5. The molecule has 466 valence electrons. The first-order valence-electron chi connectivity index (χ1n) is 28.9. The monoisotopic (exact) mass is 1190 g/mol. The lowest BCUT2D eigenvalue weighted by Crippen LogP contribution is -2.28. The molecule has 8 N–H and O–H groups in total. The van der Waals surface area contributed by atoms with Gasteiger partial charge in [-0.25, -0.2) is 0 Å². The van der Waals surface area contributed by atoms with Crippen molar-refractivity contribution >= 4 is 56.2 Å². The van der Waals surface area contributed by atoms with Crippen molar-refractivity contribution in [3.05, 3.63) is 145 Å². The molecule has 8 aromatic carbocycles. The highest BCUT2D eigenvalue weighted by atomic mass is 16.6. The predicted octanol–water partition coefficient (Wildman–Crippen LogP) is 16.6. The van der Waals surface area contributed by atoms with Crippen LogP contribution in [-0.2, 0) is 24.6 Å². The van der Waals surface area contributed by atoms with Gasteiger partial charge in [0.2, 0.25) is 0 Å². The Morgan fingerprint density at radius 1 is 0.322 bits per heavy atom. The summed E-state index contributed by atoms with van der Waals surface area (Å²) < 4.78 is 20.8. The Labute approximate surface area is 510 Å². The van der Waals surface area contributed by atoms with Gasteiger partial charge in [0.15, 0.2) is 23.0 Å². The number of esters is 4. The molecule has 0 heterocycles. The number of carbonyl (C=O) groups is 4. The molecule has 16 nitrogen and oxygen atoms in total. The van der Waals surface area contributed by atoms with Gasteiger partial charge in [-0.3, -0.25) is 19.2 Å². The Kier molecular flexibility index (Phi) is 24.0. The van der Waals surface area contributed by atoms with Crippen LogP contribution in [0.25, 0.3) is 32.3 Å². The summed E-state index contributed by atoms with van der Waals surface area (Å²) in [5.74, 6) is -0.595. The average Bonchev–Trinajstić information content (AvgIpc) is 1.26. The smallest absolute Gasteiger partial charge is 0.316 e. The lowest BCUT2D eigenvalue weighted by Gasteiger charge is -2.23. The van der Waals surface area contributed by atoms with E-state index in [4.69, 9.17) is 29.2 Å².